The maximum Gasteiger partial charge on any atom is 0.193 e. The van der Waals surface area contributed by atoms with Crippen LogP contribution in [0.15, 0.2) is 30.3 Å². The fourth-order valence-electron chi connectivity index (χ4n) is 4.04. The van der Waals surface area contributed by atoms with Crippen molar-refractivity contribution in [3.63, 3.8) is 0 Å². The van der Waals surface area contributed by atoms with Gasteiger partial charge < -0.3 is 14.0 Å². The minimum absolute atomic E-state index is 0.204. The lowest BCUT2D eigenvalue weighted by molar-refractivity contribution is -0.156. The second-order valence-electron chi connectivity index (χ2n) is 7.76. The van der Waals surface area contributed by atoms with Crippen molar-refractivity contribution >= 4 is 11.6 Å². The highest BCUT2D eigenvalue weighted by atomic mass is 16.8. The van der Waals surface area contributed by atoms with Crippen LogP contribution in [0.4, 0.5) is 0 Å². The van der Waals surface area contributed by atoms with E-state index in [0.717, 1.165) is 17.1 Å². The van der Waals surface area contributed by atoms with Gasteiger partial charge in [0.25, 0.3) is 0 Å². The summed E-state index contributed by atoms with van der Waals surface area (Å²) in [6.07, 6.45) is -0.191. The molecule has 2 aliphatic rings. The Kier molecular flexibility index (Phi) is 4.28. The van der Waals surface area contributed by atoms with Crippen LogP contribution in [0.1, 0.15) is 53.9 Å². The first-order valence-corrected chi connectivity index (χ1v) is 9.29. The van der Waals surface area contributed by atoms with Crippen LogP contribution in [-0.2, 0) is 27.7 Å². The van der Waals surface area contributed by atoms with Crippen molar-refractivity contribution in [3.05, 3.63) is 53.1 Å². The van der Waals surface area contributed by atoms with Crippen LogP contribution in [-0.4, -0.2) is 33.0 Å². The molecule has 0 N–H and O–H groups in total. The molecule has 2 heterocycles. The lowest BCUT2D eigenvalue weighted by atomic mass is 9.82. The number of hydrogen-bond acceptors (Lipinski definition) is 5. The van der Waals surface area contributed by atoms with Crippen LogP contribution in [0.2, 0.25) is 0 Å². The predicted octanol–water partition coefficient (Wildman–Crippen LogP) is 2.94. The van der Waals surface area contributed by atoms with Gasteiger partial charge in [-0.25, -0.2) is 4.98 Å². The number of hydrogen-bond donors (Lipinski definition) is 0. The smallest absolute Gasteiger partial charge is 0.193 e. The Bertz CT molecular complexity index is 900. The van der Waals surface area contributed by atoms with Crippen LogP contribution in [0, 0.1) is 12.8 Å². The number of aryl methyl sites for hydroxylation is 1. The van der Waals surface area contributed by atoms with E-state index in [1.54, 1.807) is 13.8 Å². The third-order valence-corrected chi connectivity index (χ3v) is 5.51. The molecular formula is C21H24N2O4. The molecule has 1 unspecified atom stereocenters. The Hall–Kier alpha value is -2.31. The normalized spacial score (nSPS) is 26.8. The number of nitrogens with zero attached hydrogens (tertiary/aromatic N) is 2. The quantitative estimate of drug-likeness (QED) is 0.779. The van der Waals surface area contributed by atoms with E-state index in [-0.39, 0.29) is 11.6 Å². The molecule has 0 radical (unpaired) electrons. The minimum Gasteiger partial charge on any atom is -0.339 e. The number of imidazole rings is 1. The molecule has 2 aromatic rings. The topological polar surface area (TPSA) is 70.4 Å². The van der Waals surface area contributed by atoms with Crippen molar-refractivity contribution in [1.29, 1.82) is 0 Å². The first-order chi connectivity index (χ1) is 12.8. The van der Waals surface area contributed by atoms with Crippen LogP contribution in [0.25, 0.3) is 0 Å². The van der Waals surface area contributed by atoms with E-state index in [4.69, 9.17) is 9.47 Å². The second kappa shape index (κ2) is 6.39. The van der Waals surface area contributed by atoms with Crippen molar-refractivity contribution in [2.75, 3.05) is 0 Å². The van der Waals surface area contributed by atoms with E-state index >= 15 is 0 Å². The average Bonchev–Trinajstić information content (AvgIpc) is 3.13. The van der Waals surface area contributed by atoms with Crippen molar-refractivity contribution in [3.8, 4) is 0 Å². The number of benzene rings is 1. The number of ketones is 2. The zero-order valence-corrected chi connectivity index (χ0v) is 16.1. The number of fused-ring (bicyclic) bond motifs is 1. The lowest BCUT2D eigenvalue weighted by Gasteiger charge is -2.24. The number of ether oxygens (including phenoxy) is 2. The molecule has 6 nitrogen and oxygen atoms in total. The van der Waals surface area contributed by atoms with Gasteiger partial charge in [-0.05, 0) is 39.2 Å². The minimum atomic E-state index is -0.884. The van der Waals surface area contributed by atoms with E-state index < -0.39 is 23.9 Å². The number of carbonyl (C=O) groups excluding carboxylic acids is 2. The van der Waals surface area contributed by atoms with Crippen LogP contribution < -0.4 is 0 Å². The zero-order valence-electron chi connectivity index (χ0n) is 16.1. The lowest BCUT2D eigenvalue weighted by Crippen LogP contribution is -2.39. The summed E-state index contributed by atoms with van der Waals surface area (Å²) in [5.74, 6) is -1.25. The summed E-state index contributed by atoms with van der Waals surface area (Å²) >= 11 is 0. The molecule has 3 atom stereocenters. The SMILES string of the molecule is Cc1nc2c(n1C)CCC(C(=O)[C@@H]1OC(C)(C)O[C@H]1c1ccccc1)C2=O. The predicted molar refractivity (Wildman–Crippen MR) is 98.3 cm³/mol. The summed E-state index contributed by atoms with van der Waals surface area (Å²) in [5, 5.41) is 0. The molecule has 4 rings (SSSR count). The molecule has 27 heavy (non-hydrogen) atoms. The Morgan fingerprint density at radius 3 is 2.63 bits per heavy atom. The van der Waals surface area contributed by atoms with E-state index in [0.29, 0.717) is 18.5 Å². The third-order valence-electron chi connectivity index (χ3n) is 5.51. The highest BCUT2D eigenvalue weighted by Crippen LogP contribution is 2.41. The third kappa shape index (κ3) is 3.03. The molecule has 0 amide bonds. The van der Waals surface area contributed by atoms with Gasteiger partial charge >= 0.3 is 0 Å². The first-order valence-electron chi connectivity index (χ1n) is 9.29. The van der Waals surface area contributed by atoms with E-state index in [2.05, 4.69) is 4.98 Å². The number of rotatable bonds is 3. The number of carbonyl (C=O) groups is 2. The second-order valence-corrected chi connectivity index (χ2v) is 7.76. The molecule has 0 spiro atoms. The summed E-state index contributed by atoms with van der Waals surface area (Å²) in [4.78, 5) is 30.7. The van der Waals surface area contributed by atoms with E-state index in [1.165, 1.54) is 0 Å². The van der Waals surface area contributed by atoms with Crippen LogP contribution in [0.5, 0.6) is 0 Å². The van der Waals surface area contributed by atoms with Gasteiger partial charge in [0.15, 0.2) is 23.5 Å². The Labute approximate surface area is 158 Å². The zero-order chi connectivity index (χ0) is 19.3. The molecule has 6 heteroatoms. The summed E-state index contributed by atoms with van der Waals surface area (Å²) < 4.78 is 13.9. The van der Waals surface area contributed by atoms with Crippen LogP contribution in [0.3, 0.4) is 0 Å². The van der Waals surface area contributed by atoms with Gasteiger partial charge in [0, 0.05) is 12.7 Å². The van der Waals surface area contributed by atoms with E-state index in [1.807, 2.05) is 48.9 Å². The summed E-state index contributed by atoms with van der Waals surface area (Å²) in [6.45, 7) is 5.45. The highest BCUT2D eigenvalue weighted by Gasteiger charge is 2.49. The summed E-state index contributed by atoms with van der Waals surface area (Å²) in [5.41, 5.74) is 2.21. The molecule has 1 saturated heterocycles. The molecular weight excluding hydrogens is 344 g/mol. The van der Waals surface area contributed by atoms with Crippen molar-refractivity contribution in [1.82, 2.24) is 9.55 Å². The van der Waals surface area contributed by atoms with Gasteiger partial charge in [0.05, 0.1) is 5.92 Å². The van der Waals surface area contributed by atoms with Crippen molar-refractivity contribution < 1.29 is 19.1 Å². The maximum absolute atomic E-state index is 13.3. The molecule has 1 aliphatic carbocycles. The summed E-state index contributed by atoms with van der Waals surface area (Å²) in [7, 11) is 1.90. The molecule has 142 valence electrons. The Balaban J connectivity index is 1.64. The largest absolute Gasteiger partial charge is 0.339 e. The molecule has 0 bridgehead atoms. The van der Waals surface area contributed by atoms with Crippen molar-refractivity contribution in [2.24, 2.45) is 13.0 Å². The first kappa shape index (κ1) is 18.1. The number of Topliss-reactive ketones (excluding diaryl/α,β-unsaturated/α-hetero) is 2. The van der Waals surface area contributed by atoms with Gasteiger partial charge in [0.2, 0.25) is 0 Å². The monoisotopic (exact) mass is 368 g/mol. The van der Waals surface area contributed by atoms with Gasteiger partial charge in [-0.3, -0.25) is 9.59 Å². The molecule has 0 saturated carbocycles. The van der Waals surface area contributed by atoms with Gasteiger partial charge in [0.1, 0.15) is 17.6 Å². The van der Waals surface area contributed by atoms with Crippen LogP contribution >= 0.6 is 0 Å². The Morgan fingerprint density at radius 2 is 1.93 bits per heavy atom. The highest BCUT2D eigenvalue weighted by molar-refractivity contribution is 6.12. The van der Waals surface area contributed by atoms with Crippen molar-refractivity contribution in [2.45, 2.75) is 51.6 Å². The van der Waals surface area contributed by atoms with Gasteiger partial charge in [-0.15, -0.1) is 0 Å². The molecule has 1 aromatic carbocycles. The standard InChI is InChI=1S/C21H24N2O4/c1-12-22-16-15(23(12)4)11-10-14(17(16)24)18(25)20-19(26-21(2,3)27-20)13-8-6-5-7-9-13/h5-9,14,19-20H,10-11H2,1-4H3/t14?,19-,20-/m0/s1. The number of aromatic nitrogens is 2. The van der Waals surface area contributed by atoms with E-state index in [9.17, 15) is 9.59 Å². The summed E-state index contributed by atoms with van der Waals surface area (Å²) in [6, 6.07) is 9.55. The molecule has 1 aromatic heterocycles. The van der Waals surface area contributed by atoms with Gasteiger partial charge in [-0.1, -0.05) is 30.3 Å². The fourth-order valence-corrected chi connectivity index (χ4v) is 4.04. The maximum atomic E-state index is 13.3. The Morgan fingerprint density at radius 1 is 1.22 bits per heavy atom. The van der Waals surface area contributed by atoms with Gasteiger partial charge in [-0.2, -0.15) is 0 Å². The molecule has 1 fully saturated rings. The average molecular weight is 368 g/mol. The molecule has 1 aliphatic heterocycles. The fraction of sp³-hybridized carbons (Fsp3) is 0.476.